The molecule has 0 fully saturated rings. The van der Waals surface area contributed by atoms with Gasteiger partial charge < -0.3 is 13.7 Å². The van der Waals surface area contributed by atoms with E-state index in [4.69, 9.17) is 13.7 Å². The van der Waals surface area contributed by atoms with Crippen LogP contribution >= 0.6 is 11.3 Å². The lowest BCUT2D eigenvalue weighted by Crippen LogP contribution is -2.23. The van der Waals surface area contributed by atoms with E-state index in [1.165, 1.54) is 11.3 Å². The highest BCUT2D eigenvalue weighted by Gasteiger charge is 2.16. The largest absolute Gasteiger partial charge is 0.459 e. The normalized spacial score (nSPS) is 10.9. The second-order valence-corrected chi connectivity index (χ2v) is 5.72. The van der Waals surface area contributed by atoms with Gasteiger partial charge in [0.05, 0.1) is 16.1 Å². The molecule has 0 unspecified atom stereocenters. The van der Waals surface area contributed by atoms with Crippen LogP contribution in [0.3, 0.4) is 0 Å². The number of hydrogen-bond acceptors (Lipinski definition) is 8. The lowest BCUT2D eigenvalue weighted by atomic mass is 10.2. The number of carbonyl (C=O) groups excluding carboxylic acids is 1. The molecule has 3 aromatic rings. The number of nitrogens with zero attached hydrogens (tertiary/aromatic N) is 3. The summed E-state index contributed by atoms with van der Waals surface area (Å²) < 4.78 is 16.1. The van der Waals surface area contributed by atoms with Crippen molar-refractivity contribution < 1.29 is 18.5 Å². The van der Waals surface area contributed by atoms with E-state index in [0.29, 0.717) is 21.9 Å². The van der Waals surface area contributed by atoms with Crippen LogP contribution in [0.4, 0.5) is 0 Å². The van der Waals surface area contributed by atoms with E-state index in [1.807, 2.05) is 11.4 Å². The van der Waals surface area contributed by atoms with Crippen molar-refractivity contribution in [3.63, 3.8) is 0 Å². The molecule has 0 aromatic carbocycles. The fraction of sp³-hybridized carbons (Fsp3) is 0.286. The zero-order valence-corrected chi connectivity index (χ0v) is 13.3. The maximum atomic E-state index is 11.9. The lowest BCUT2D eigenvalue weighted by molar-refractivity contribution is -0.146. The lowest BCUT2D eigenvalue weighted by Gasteiger charge is -2.03. The van der Waals surface area contributed by atoms with Crippen molar-refractivity contribution >= 4 is 17.3 Å². The SMILES string of the molecule is Cc1noc(C)c1COC(=O)Cn1nc(-c2cccs2)oc1=O. The molecule has 0 aliphatic carbocycles. The number of rotatable bonds is 5. The third kappa shape index (κ3) is 3.24. The summed E-state index contributed by atoms with van der Waals surface area (Å²) in [4.78, 5) is 24.3. The number of ether oxygens (including phenoxy) is 1. The topological polar surface area (TPSA) is 100 Å². The molecule has 3 heterocycles. The summed E-state index contributed by atoms with van der Waals surface area (Å²) >= 11 is 1.39. The van der Waals surface area contributed by atoms with E-state index in [9.17, 15) is 9.59 Å². The van der Waals surface area contributed by atoms with Crippen molar-refractivity contribution in [3.05, 3.63) is 45.1 Å². The van der Waals surface area contributed by atoms with Gasteiger partial charge in [-0.05, 0) is 25.3 Å². The summed E-state index contributed by atoms with van der Waals surface area (Å²) in [6.07, 6.45) is 0. The predicted octanol–water partition coefficient (Wildman–Crippen LogP) is 1.91. The van der Waals surface area contributed by atoms with Crippen LogP contribution in [0.1, 0.15) is 17.0 Å². The Balaban J connectivity index is 1.65. The molecule has 0 amide bonds. The van der Waals surface area contributed by atoms with Crippen molar-refractivity contribution in [2.24, 2.45) is 0 Å². The van der Waals surface area contributed by atoms with Crippen molar-refractivity contribution in [2.45, 2.75) is 27.0 Å². The van der Waals surface area contributed by atoms with Gasteiger partial charge in [-0.3, -0.25) is 4.79 Å². The second kappa shape index (κ2) is 6.21. The number of hydrogen-bond donors (Lipinski definition) is 0. The van der Waals surface area contributed by atoms with Gasteiger partial charge in [0.1, 0.15) is 18.9 Å². The average Bonchev–Trinajstić information content (AvgIpc) is 3.21. The molecule has 0 atom stereocenters. The first-order valence-corrected chi connectivity index (χ1v) is 7.61. The van der Waals surface area contributed by atoms with Crippen LogP contribution in [0.5, 0.6) is 0 Å². The maximum absolute atomic E-state index is 11.9. The van der Waals surface area contributed by atoms with Gasteiger partial charge in [0, 0.05) is 0 Å². The summed E-state index contributed by atoms with van der Waals surface area (Å²) in [5, 5.41) is 9.60. The molecule has 0 spiro atoms. The number of carbonyl (C=O) groups is 1. The maximum Gasteiger partial charge on any atom is 0.437 e. The van der Waals surface area contributed by atoms with Crippen molar-refractivity contribution in [1.82, 2.24) is 14.9 Å². The fourth-order valence-corrected chi connectivity index (χ4v) is 2.58. The highest BCUT2D eigenvalue weighted by atomic mass is 32.1. The van der Waals surface area contributed by atoms with Gasteiger partial charge in [0.15, 0.2) is 0 Å². The zero-order valence-electron chi connectivity index (χ0n) is 12.4. The Morgan fingerprint density at radius 3 is 2.91 bits per heavy atom. The van der Waals surface area contributed by atoms with Crippen LogP contribution in [0.2, 0.25) is 0 Å². The highest BCUT2D eigenvalue weighted by Crippen LogP contribution is 2.21. The summed E-state index contributed by atoms with van der Waals surface area (Å²) in [6.45, 7) is 3.20. The summed E-state index contributed by atoms with van der Waals surface area (Å²) in [5.74, 6) is -0.529. The predicted molar refractivity (Wildman–Crippen MR) is 79.8 cm³/mol. The van der Waals surface area contributed by atoms with Crippen LogP contribution in [0.25, 0.3) is 10.8 Å². The molecule has 0 saturated heterocycles. The summed E-state index contributed by atoms with van der Waals surface area (Å²) in [5.41, 5.74) is 1.37. The van der Waals surface area contributed by atoms with Gasteiger partial charge in [-0.2, -0.15) is 4.68 Å². The van der Waals surface area contributed by atoms with Gasteiger partial charge in [0.2, 0.25) is 0 Å². The van der Waals surface area contributed by atoms with Crippen LogP contribution in [0, 0.1) is 13.8 Å². The van der Waals surface area contributed by atoms with Crippen LogP contribution in [-0.2, 0) is 22.7 Å². The summed E-state index contributed by atoms with van der Waals surface area (Å²) in [6, 6.07) is 3.59. The third-order valence-corrected chi connectivity index (χ3v) is 4.03. The van der Waals surface area contributed by atoms with Crippen LogP contribution < -0.4 is 5.76 Å². The Morgan fingerprint density at radius 1 is 1.43 bits per heavy atom. The minimum Gasteiger partial charge on any atom is -0.459 e. The molecule has 23 heavy (non-hydrogen) atoms. The molecule has 3 rings (SSSR count). The third-order valence-electron chi connectivity index (χ3n) is 3.18. The van der Waals surface area contributed by atoms with Gasteiger partial charge in [-0.1, -0.05) is 11.2 Å². The number of thiophene rings is 1. The molecule has 0 saturated carbocycles. The van der Waals surface area contributed by atoms with Gasteiger partial charge in [-0.25, -0.2) is 4.79 Å². The van der Waals surface area contributed by atoms with E-state index in [1.54, 1.807) is 19.9 Å². The molecule has 8 nitrogen and oxygen atoms in total. The molecule has 3 aromatic heterocycles. The Hall–Kier alpha value is -2.68. The fourth-order valence-electron chi connectivity index (χ4n) is 1.93. The first kappa shape index (κ1) is 15.2. The van der Waals surface area contributed by atoms with Crippen LogP contribution in [-0.4, -0.2) is 20.9 Å². The molecule has 0 bridgehead atoms. The smallest absolute Gasteiger partial charge is 0.437 e. The Kier molecular flexibility index (Phi) is 4.11. The molecular formula is C14H13N3O5S. The Bertz CT molecular complexity index is 855. The van der Waals surface area contributed by atoms with E-state index < -0.39 is 11.7 Å². The molecule has 0 radical (unpaired) electrons. The first-order chi connectivity index (χ1) is 11.0. The first-order valence-electron chi connectivity index (χ1n) is 6.74. The minimum atomic E-state index is -0.706. The minimum absolute atomic E-state index is 0.0321. The van der Waals surface area contributed by atoms with Crippen LogP contribution in [0.15, 0.2) is 31.2 Å². The monoisotopic (exact) mass is 335 g/mol. The van der Waals surface area contributed by atoms with E-state index >= 15 is 0 Å². The van der Waals surface area contributed by atoms with E-state index in [2.05, 4.69) is 10.3 Å². The molecule has 0 aliphatic rings. The van der Waals surface area contributed by atoms with E-state index in [0.717, 1.165) is 4.68 Å². The number of esters is 1. The van der Waals surface area contributed by atoms with Crippen molar-refractivity contribution in [2.75, 3.05) is 0 Å². The molecule has 120 valence electrons. The van der Waals surface area contributed by atoms with E-state index in [-0.39, 0.29) is 19.0 Å². The second-order valence-electron chi connectivity index (χ2n) is 4.77. The zero-order chi connectivity index (χ0) is 16.4. The Labute approximate surface area is 134 Å². The van der Waals surface area contributed by atoms with Gasteiger partial charge >= 0.3 is 11.7 Å². The number of aromatic nitrogens is 3. The van der Waals surface area contributed by atoms with Crippen molar-refractivity contribution in [1.29, 1.82) is 0 Å². The summed E-state index contributed by atoms with van der Waals surface area (Å²) in [7, 11) is 0. The van der Waals surface area contributed by atoms with Crippen molar-refractivity contribution in [3.8, 4) is 10.8 Å². The highest BCUT2D eigenvalue weighted by molar-refractivity contribution is 7.13. The van der Waals surface area contributed by atoms with Gasteiger partial charge in [-0.15, -0.1) is 16.4 Å². The standard InChI is InChI=1S/C14H13N3O5S/c1-8-10(9(2)22-16-8)7-20-12(18)6-17-14(19)21-13(15-17)11-4-3-5-23-11/h3-5H,6-7H2,1-2H3. The van der Waals surface area contributed by atoms with Gasteiger partial charge in [0.25, 0.3) is 5.89 Å². The average molecular weight is 335 g/mol. The molecule has 9 heteroatoms. The number of aryl methyl sites for hydroxylation is 2. The quantitative estimate of drug-likeness (QED) is 0.656. The Morgan fingerprint density at radius 2 is 2.26 bits per heavy atom. The molecule has 0 N–H and O–H groups in total. The molecule has 0 aliphatic heterocycles. The molecular weight excluding hydrogens is 322 g/mol.